The van der Waals surface area contributed by atoms with E-state index in [1.807, 2.05) is 0 Å². The first-order valence-electron chi connectivity index (χ1n) is 7.15. The van der Waals surface area contributed by atoms with Crippen LogP contribution in [0, 0.1) is 0 Å². The van der Waals surface area contributed by atoms with E-state index in [0.29, 0.717) is 0 Å². The van der Waals surface area contributed by atoms with Gasteiger partial charge in [0.1, 0.15) is 6.04 Å². The minimum atomic E-state index is -1.17. The Hall–Kier alpha value is -1.28. The van der Waals surface area contributed by atoms with Crippen molar-refractivity contribution in [1.82, 2.24) is 10.6 Å². The molecule has 0 aliphatic carbocycles. The van der Waals surface area contributed by atoms with Gasteiger partial charge in [-0.3, -0.25) is 14.4 Å². The topological polar surface area (TPSA) is 122 Å². The number of amides is 2. The maximum absolute atomic E-state index is 12.2. The molecule has 0 radical (unpaired) electrons. The van der Waals surface area contributed by atoms with Crippen molar-refractivity contribution >= 4 is 29.5 Å². The molecule has 0 aromatic rings. The van der Waals surface area contributed by atoms with Gasteiger partial charge in [0.2, 0.25) is 11.8 Å². The molecular formula is C14H25N3O4S. The lowest BCUT2D eigenvalue weighted by atomic mass is 9.89. The number of aliphatic carboxylic acids is 1. The number of hydrogen-bond acceptors (Lipinski definition) is 5. The summed E-state index contributed by atoms with van der Waals surface area (Å²) >= 11 is 1.79. The van der Waals surface area contributed by atoms with E-state index >= 15 is 0 Å². The Morgan fingerprint density at radius 3 is 2.09 bits per heavy atom. The lowest BCUT2D eigenvalue weighted by Gasteiger charge is -2.57. The molecule has 1 rings (SSSR count). The summed E-state index contributed by atoms with van der Waals surface area (Å²) in [6.07, 6.45) is -0.473. The summed E-state index contributed by atoms with van der Waals surface area (Å²) in [5, 5.41) is 14.0. The molecule has 1 aliphatic heterocycles. The zero-order chi connectivity index (χ0) is 17.3. The molecule has 7 nitrogen and oxygen atoms in total. The van der Waals surface area contributed by atoms with Crippen LogP contribution in [-0.2, 0) is 14.4 Å². The Bertz CT molecular complexity index is 465. The number of carboxylic acid groups (broad SMARTS) is 1. The lowest BCUT2D eigenvalue weighted by Crippen LogP contribution is -2.68. The van der Waals surface area contributed by atoms with Gasteiger partial charge >= 0.3 is 5.97 Å². The Morgan fingerprint density at radius 2 is 1.68 bits per heavy atom. The average molecular weight is 331 g/mol. The number of thioether (sulfide) groups is 1. The second kappa shape index (κ2) is 6.45. The Morgan fingerprint density at radius 1 is 1.18 bits per heavy atom. The number of carboxylic acids is 1. The van der Waals surface area contributed by atoms with Gasteiger partial charge in [-0.05, 0) is 34.6 Å². The molecule has 0 spiro atoms. The van der Waals surface area contributed by atoms with Gasteiger partial charge in [0.25, 0.3) is 0 Å². The van der Waals surface area contributed by atoms with Gasteiger partial charge in [0.05, 0.1) is 18.5 Å². The van der Waals surface area contributed by atoms with E-state index in [2.05, 4.69) is 38.3 Å². The number of rotatable bonds is 6. The summed E-state index contributed by atoms with van der Waals surface area (Å²) in [4.78, 5) is 34.5. The average Bonchev–Trinajstić information content (AvgIpc) is 2.32. The summed E-state index contributed by atoms with van der Waals surface area (Å²) in [6, 6.07) is -1.95. The highest BCUT2D eigenvalue weighted by Crippen LogP contribution is 2.54. The molecule has 0 aromatic heterocycles. The Kier molecular flexibility index (Phi) is 5.51. The van der Waals surface area contributed by atoms with Crippen molar-refractivity contribution in [3.05, 3.63) is 0 Å². The van der Waals surface area contributed by atoms with Gasteiger partial charge < -0.3 is 21.5 Å². The van der Waals surface area contributed by atoms with E-state index in [-0.39, 0.29) is 21.4 Å². The number of carbonyl (C=O) groups excluding carboxylic acids is 2. The molecule has 126 valence electrons. The van der Waals surface area contributed by atoms with Crippen LogP contribution in [0.15, 0.2) is 0 Å². The highest BCUT2D eigenvalue weighted by molar-refractivity contribution is 8.03. The summed E-state index contributed by atoms with van der Waals surface area (Å²) in [5.41, 5.74) is 5.46. The predicted molar refractivity (Wildman–Crippen MR) is 85.5 cm³/mol. The molecule has 8 heteroatoms. The van der Waals surface area contributed by atoms with Crippen LogP contribution in [0.5, 0.6) is 0 Å². The highest BCUT2D eigenvalue weighted by atomic mass is 32.2. The summed E-state index contributed by atoms with van der Waals surface area (Å²) in [6.45, 7) is 9.77. The minimum absolute atomic E-state index is 0.00968. The van der Waals surface area contributed by atoms with E-state index in [1.165, 1.54) is 0 Å². The fraction of sp³-hybridized carbons (Fsp3) is 0.786. The molecule has 0 unspecified atom stereocenters. The molecule has 1 aliphatic rings. The zero-order valence-corrected chi connectivity index (χ0v) is 14.4. The van der Waals surface area contributed by atoms with Crippen LogP contribution in [-0.4, -0.2) is 50.5 Å². The Labute approximate surface area is 134 Å². The number of nitrogens with one attached hydrogen (secondary N) is 2. The lowest BCUT2D eigenvalue weighted by molar-refractivity contribution is -0.139. The number of carbonyl (C=O) groups is 3. The van der Waals surface area contributed by atoms with Crippen LogP contribution in [0.4, 0.5) is 0 Å². The molecule has 1 heterocycles. The Balaban J connectivity index is 2.55. The molecule has 22 heavy (non-hydrogen) atoms. The molecule has 0 aromatic carbocycles. The first kappa shape index (κ1) is 18.8. The van der Waals surface area contributed by atoms with Crippen LogP contribution in [0.3, 0.4) is 0 Å². The normalized spacial score (nSPS) is 22.1. The highest BCUT2D eigenvalue weighted by Gasteiger charge is 2.54. The van der Waals surface area contributed by atoms with Crippen molar-refractivity contribution in [3.63, 3.8) is 0 Å². The molecule has 1 fully saturated rings. The van der Waals surface area contributed by atoms with E-state index in [1.54, 1.807) is 18.7 Å². The molecule has 5 N–H and O–H groups in total. The van der Waals surface area contributed by atoms with Crippen molar-refractivity contribution in [3.8, 4) is 0 Å². The van der Waals surface area contributed by atoms with Crippen LogP contribution >= 0.6 is 11.8 Å². The van der Waals surface area contributed by atoms with Gasteiger partial charge in [-0.1, -0.05) is 0 Å². The van der Waals surface area contributed by atoms with Gasteiger partial charge in [0, 0.05) is 9.49 Å². The van der Waals surface area contributed by atoms with Crippen molar-refractivity contribution in [2.75, 3.05) is 0 Å². The third-order valence-corrected chi connectivity index (χ3v) is 5.21. The third-order valence-electron chi connectivity index (χ3n) is 3.69. The quantitative estimate of drug-likeness (QED) is 0.547. The second-order valence-electron chi connectivity index (χ2n) is 6.69. The smallest absolute Gasteiger partial charge is 0.305 e. The fourth-order valence-electron chi connectivity index (χ4n) is 2.86. The first-order valence-corrected chi connectivity index (χ1v) is 7.97. The van der Waals surface area contributed by atoms with Crippen molar-refractivity contribution < 1.29 is 19.5 Å². The molecule has 2 amide bonds. The summed E-state index contributed by atoms with van der Waals surface area (Å²) in [7, 11) is 0. The van der Waals surface area contributed by atoms with Crippen LogP contribution in [0.1, 0.15) is 41.0 Å². The monoisotopic (exact) mass is 331 g/mol. The molecule has 0 saturated carbocycles. The van der Waals surface area contributed by atoms with Crippen LogP contribution < -0.4 is 16.4 Å². The second-order valence-corrected chi connectivity index (χ2v) is 8.99. The largest absolute Gasteiger partial charge is 0.481 e. The third kappa shape index (κ3) is 4.36. The van der Waals surface area contributed by atoms with E-state index in [9.17, 15) is 14.4 Å². The number of nitrogens with two attached hydrogens (primary N) is 1. The summed E-state index contributed by atoms with van der Waals surface area (Å²) < 4.78 is -0.134. The molecular weight excluding hydrogens is 306 g/mol. The standard InChI is InChI=1S/C14H25N3O4S/c1-7(16-11(21)8(15)6-9(18)19)10(20)17-12-13(2,3)22-14(12,4)5/h7-8,12H,6,15H2,1-5H3,(H,16,21)(H,17,20)(H,18,19)/t7-,8-/m0/s1. The van der Waals surface area contributed by atoms with Crippen molar-refractivity contribution in [2.24, 2.45) is 5.73 Å². The van der Waals surface area contributed by atoms with Gasteiger partial charge in [0.15, 0.2) is 0 Å². The minimum Gasteiger partial charge on any atom is -0.481 e. The maximum Gasteiger partial charge on any atom is 0.305 e. The van der Waals surface area contributed by atoms with Crippen LogP contribution in [0.2, 0.25) is 0 Å². The molecule has 2 atom stereocenters. The fourth-order valence-corrected chi connectivity index (χ4v) is 4.97. The molecule has 0 bridgehead atoms. The van der Waals surface area contributed by atoms with Gasteiger partial charge in [-0.2, -0.15) is 0 Å². The van der Waals surface area contributed by atoms with E-state index < -0.39 is 30.4 Å². The molecule has 1 saturated heterocycles. The SMILES string of the molecule is C[C@H](NC(=O)[C@@H](N)CC(=O)O)C(=O)NC1C(C)(C)SC1(C)C. The van der Waals surface area contributed by atoms with E-state index in [0.717, 1.165) is 0 Å². The summed E-state index contributed by atoms with van der Waals surface area (Å²) in [5.74, 6) is -2.11. The van der Waals surface area contributed by atoms with Gasteiger partial charge in [-0.15, -0.1) is 11.8 Å². The van der Waals surface area contributed by atoms with Crippen molar-refractivity contribution in [1.29, 1.82) is 0 Å². The first-order chi connectivity index (χ1) is 9.86. The zero-order valence-electron chi connectivity index (χ0n) is 13.6. The van der Waals surface area contributed by atoms with Gasteiger partial charge in [-0.25, -0.2) is 0 Å². The van der Waals surface area contributed by atoms with Crippen molar-refractivity contribution in [2.45, 2.75) is 68.7 Å². The number of hydrogen-bond donors (Lipinski definition) is 4. The maximum atomic E-state index is 12.2. The predicted octanol–water partition coefficient (Wildman–Crippen LogP) is 0.0819. The van der Waals surface area contributed by atoms with Crippen LogP contribution in [0.25, 0.3) is 0 Å². The van der Waals surface area contributed by atoms with E-state index in [4.69, 9.17) is 10.8 Å².